The average Bonchev–Trinajstić information content (AvgIpc) is 2.11. The summed E-state index contributed by atoms with van der Waals surface area (Å²) >= 11 is 4.90. The molecule has 13 heavy (non-hydrogen) atoms. The number of hydrogen-bond donors (Lipinski definition) is 0. The van der Waals surface area contributed by atoms with Crippen LogP contribution in [-0.4, -0.2) is 13.4 Å². The van der Waals surface area contributed by atoms with Gasteiger partial charge in [-0.2, -0.15) is 11.8 Å². The van der Waals surface area contributed by atoms with Crippen molar-refractivity contribution in [3.63, 3.8) is 0 Å². The van der Waals surface area contributed by atoms with Crippen molar-refractivity contribution < 1.29 is 9.13 Å². The first-order valence-electron chi connectivity index (χ1n) is 3.70. The van der Waals surface area contributed by atoms with E-state index in [1.54, 1.807) is 17.8 Å². The van der Waals surface area contributed by atoms with E-state index in [-0.39, 0.29) is 5.82 Å². The van der Waals surface area contributed by atoms with E-state index in [0.717, 1.165) is 4.47 Å². The first kappa shape index (κ1) is 10.9. The number of benzene rings is 1. The quantitative estimate of drug-likeness (QED) is 0.827. The SMILES string of the molecule is COc1cc(F)c(CSC)cc1Br. The lowest BCUT2D eigenvalue weighted by atomic mass is 10.2. The Kier molecular flexibility index (Phi) is 4.06. The second-order valence-electron chi connectivity index (χ2n) is 2.51. The van der Waals surface area contributed by atoms with Crippen molar-refractivity contribution >= 4 is 27.7 Å². The van der Waals surface area contributed by atoms with Gasteiger partial charge in [0.05, 0.1) is 11.6 Å². The van der Waals surface area contributed by atoms with E-state index in [1.807, 2.05) is 6.26 Å². The minimum absolute atomic E-state index is 0.214. The monoisotopic (exact) mass is 264 g/mol. The van der Waals surface area contributed by atoms with Gasteiger partial charge in [0, 0.05) is 11.8 Å². The third-order valence-corrected chi connectivity index (χ3v) is 2.84. The van der Waals surface area contributed by atoms with Gasteiger partial charge in [-0.15, -0.1) is 0 Å². The summed E-state index contributed by atoms with van der Waals surface area (Å²) in [6.45, 7) is 0. The number of methoxy groups -OCH3 is 1. The minimum Gasteiger partial charge on any atom is -0.495 e. The molecule has 1 aromatic rings. The van der Waals surface area contributed by atoms with Crippen molar-refractivity contribution in [3.05, 3.63) is 28.0 Å². The van der Waals surface area contributed by atoms with Crippen molar-refractivity contribution in [2.45, 2.75) is 5.75 Å². The van der Waals surface area contributed by atoms with Gasteiger partial charge in [-0.25, -0.2) is 4.39 Å². The van der Waals surface area contributed by atoms with E-state index >= 15 is 0 Å². The predicted octanol–water partition coefficient (Wildman–Crippen LogP) is 3.46. The fraction of sp³-hybridized carbons (Fsp3) is 0.333. The molecule has 0 bridgehead atoms. The Bertz CT molecular complexity index is 304. The van der Waals surface area contributed by atoms with Gasteiger partial charge in [-0.3, -0.25) is 0 Å². The molecule has 1 aromatic carbocycles. The van der Waals surface area contributed by atoms with Gasteiger partial charge in [0.25, 0.3) is 0 Å². The van der Waals surface area contributed by atoms with Crippen LogP contribution >= 0.6 is 27.7 Å². The lowest BCUT2D eigenvalue weighted by Crippen LogP contribution is -1.91. The molecule has 0 fully saturated rings. The van der Waals surface area contributed by atoms with E-state index in [1.165, 1.54) is 13.2 Å². The highest BCUT2D eigenvalue weighted by atomic mass is 79.9. The van der Waals surface area contributed by atoms with Crippen LogP contribution in [0.4, 0.5) is 4.39 Å². The molecule has 0 aromatic heterocycles. The molecule has 1 nitrogen and oxygen atoms in total. The van der Waals surface area contributed by atoms with Crippen molar-refractivity contribution in [2.24, 2.45) is 0 Å². The number of halogens is 2. The lowest BCUT2D eigenvalue weighted by Gasteiger charge is -2.06. The zero-order chi connectivity index (χ0) is 9.84. The van der Waals surface area contributed by atoms with Crippen LogP contribution in [0.15, 0.2) is 16.6 Å². The highest BCUT2D eigenvalue weighted by molar-refractivity contribution is 9.10. The van der Waals surface area contributed by atoms with Crippen molar-refractivity contribution in [3.8, 4) is 5.75 Å². The fourth-order valence-electron chi connectivity index (χ4n) is 0.992. The Labute approximate surface area is 89.8 Å². The van der Waals surface area contributed by atoms with Gasteiger partial charge in [0.15, 0.2) is 0 Å². The summed E-state index contributed by atoms with van der Waals surface area (Å²) in [5.41, 5.74) is 0.695. The van der Waals surface area contributed by atoms with Crippen LogP contribution < -0.4 is 4.74 Å². The van der Waals surface area contributed by atoms with Crippen molar-refractivity contribution in [1.82, 2.24) is 0 Å². The Hall–Kier alpha value is -0.220. The van der Waals surface area contributed by atoms with Crippen LogP contribution in [0.2, 0.25) is 0 Å². The molecular weight excluding hydrogens is 255 g/mol. The topological polar surface area (TPSA) is 9.23 Å². The Morgan fingerprint density at radius 1 is 1.54 bits per heavy atom. The molecule has 0 amide bonds. The first-order chi connectivity index (χ1) is 6.19. The van der Waals surface area contributed by atoms with Crippen LogP contribution in [0.3, 0.4) is 0 Å². The van der Waals surface area contributed by atoms with Gasteiger partial charge in [0.2, 0.25) is 0 Å². The molecule has 0 spiro atoms. The molecule has 72 valence electrons. The van der Waals surface area contributed by atoms with Gasteiger partial charge >= 0.3 is 0 Å². The standard InChI is InChI=1S/C9H10BrFOS/c1-12-9-4-8(11)6(5-13-2)3-7(9)10/h3-4H,5H2,1-2H3. The predicted molar refractivity (Wildman–Crippen MR) is 57.9 cm³/mol. The smallest absolute Gasteiger partial charge is 0.135 e. The maximum Gasteiger partial charge on any atom is 0.135 e. The average molecular weight is 265 g/mol. The number of rotatable bonds is 3. The summed E-state index contributed by atoms with van der Waals surface area (Å²) in [7, 11) is 1.52. The maximum atomic E-state index is 13.3. The Balaban J connectivity index is 3.05. The summed E-state index contributed by atoms with van der Waals surface area (Å²) < 4.78 is 19.0. The molecule has 1 rings (SSSR count). The van der Waals surface area contributed by atoms with Crippen LogP contribution in [0.25, 0.3) is 0 Å². The number of ether oxygens (including phenoxy) is 1. The molecule has 0 saturated heterocycles. The number of hydrogen-bond acceptors (Lipinski definition) is 2. The highest BCUT2D eigenvalue weighted by Gasteiger charge is 2.07. The highest BCUT2D eigenvalue weighted by Crippen LogP contribution is 2.29. The first-order valence-corrected chi connectivity index (χ1v) is 5.88. The summed E-state index contributed by atoms with van der Waals surface area (Å²) in [6, 6.07) is 3.15. The molecule has 0 atom stereocenters. The third-order valence-electron chi connectivity index (χ3n) is 1.62. The summed E-state index contributed by atoms with van der Waals surface area (Å²) in [5, 5.41) is 0. The van der Waals surface area contributed by atoms with Gasteiger partial charge in [0.1, 0.15) is 11.6 Å². The molecule has 0 saturated carbocycles. The van der Waals surface area contributed by atoms with E-state index in [4.69, 9.17) is 4.74 Å². The van der Waals surface area contributed by atoms with Gasteiger partial charge < -0.3 is 4.74 Å². The lowest BCUT2D eigenvalue weighted by molar-refractivity contribution is 0.408. The molecule has 4 heteroatoms. The zero-order valence-corrected chi connectivity index (χ0v) is 9.84. The van der Waals surface area contributed by atoms with E-state index < -0.39 is 0 Å². The van der Waals surface area contributed by atoms with Crippen molar-refractivity contribution in [1.29, 1.82) is 0 Å². The van der Waals surface area contributed by atoms with Gasteiger partial charge in [-0.05, 0) is 33.8 Å². The van der Waals surface area contributed by atoms with Crippen LogP contribution in [0.1, 0.15) is 5.56 Å². The fourth-order valence-corrected chi connectivity index (χ4v) is 2.08. The summed E-state index contributed by atoms with van der Waals surface area (Å²) in [4.78, 5) is 0. The summed E-state index contributed by atoms with van der Waals surface area (Å²) in [5.74, 6) is 0.991. The zero-order valence-electron chi connectivity index (χ0n) is 7.43. The van der Waals surface area contributed by atoms with E-state index in [9.17, 15) is 4.39 Å². The molecule has 0 heterocycles. The van der Waals surface area contributed by atoms with E-state index in [2.05, 4.69) is 15.9 Å². The van der Waals surface area contributed by atoms with Gasteiger partial charge in [-0.1, -0.05) is 0 Å². The normalized spacial score (nSPS) is 10.2. The largest absolute Gasteiger partial charge is 0.495 e. The molecule has 0 aliphatic rings. The van der Waals surface area contributed by atoms with Crippen LogP contribution in [0, 0.1) is 5.82 Å². The molecular formula is C9H10BrFOS. The molecule has 0 radical (unpaired) electrons. The van der Waals surface area contributed by atoms with E-state index in [0.29, 0.717) is 17.1 Å². The third kappa shape index (κ3) is 2.61. The van der Waals surface area contributed by atoms with Crippen molar-refractivity contribution in [2.75, 3.05) is 13.4 Å². The second kappa shape index (κ2) is 4.86. The second-order valence-corrected chi connectivity index (χ2v) is 4.23. The van der Waals surface area contributed by atoms with Crippen LogP contribution in [0.5, 0.6) is 5.75 Å². The summed E-state index contributed by atoms with van der Waals surface area (Å²) in [6.07, 6.45) is 1.94. The Morgan fingerprint density at radius 2 is 2.23 bits per heavy atom. The van der Waals surface area contributed by atoms with Crippen LogP contribution in [-0.2, 0) is 5.75 Å². The Morgan fingerprint density at radius 3 is 2.77 bits per heavy atom. The minimum atomic E-state index is -0.214. The molecule has 0 unspecified atom stereocenters. The molecule has 0 N–H and O–H groups in total. The number of thioether (sulfide) groups is 1. The maximum absolute atomic E-state index is 13.3. The molecule has 0 aliphatic carbocycles. The molecule has 0 aliphatic heterocycles.